The Balaban J connectivity index is 1.73. The fourth-order valence-electron chi connectivity index (χ4n) is 2.65. The van der Waals surface area contributed by atoms with Crippen molar-refractivity contribution in [2.75, 3.05) is 0 Å². The molecule has 0 N–H and O–H groups in total. The first-order valence-corrected chi connectivity index (χ1v) is 7.25. The van der Waals surface area contributed by atoms with Crippen LogP contribution in [0.5, 0.6) is 0 Å². The smallest absolute Gasteiger partial charge is 0.0383 e. The topological polar surface area (TPSA) is 0 Å². The van der Waals surface area contributed by atoms with Crippen LogP contribution in [0.3, 0.4) is 0 Å². The maximum atomic E-state index is 2.48. The summed E-state index contributed by atoms with van der Waals surface area (Å²) < 4.78 is 0. The second-order valence-electron chi connectivity index (χ2n) is 5.23. The third-order valence-electron chi connectivity index (χ3n) is 3.74. The van der Waals surface area contributed by atoms with Crippen LogP contribution in [0.15, 0.2) is 0 Å². The van der Waals surface area contributed by atoms with E-state index in [0.717, 1.165) is 5.92 Å². The highest BCUT2D eigenvalue weighted by Gasteiger charge is 2.13. The van der Waals surface area contributed by atoms with E-state index in [1.54, 1.807) is 0 Å². The Morgan fingerprint density at radius 1 is 0.933 bits per heavy atom. The first kappa shape index (κ1) is 13.1. The normalized spacial score (nSPS) is 17.4. The molecule has 0 heteroatoms. The molecule has 0 nitrogen and oxygen atoms in total. The number of rotatable bonds is 9. The van der Waals surface area contributed by atoms with E-state index >= 15 is 0 Å². The second kappa shape index (κ2) is 9.24. The van der Waals surface area contributed by atoms with Gasteiger partial charge in [0, 0.05) is 0 Å². The van der Waals surface area contributed by atoms with E-state index in [-0.39, 0.29) is 0 Å². The first-order chi connectivity index (χ1) is 7.43. The van der Waals surface area contributed by atoms with Crippen LogP contribution in [0.25, 0.3) is 0 Å². The average molecular weight is 209 g/mol. The lowest BCUT2D eigenvalue weighted by atomic mass is 9.99. The van der Waals surface area contributed by atoms with Crippen molar-refractivity contribution in [1.82, 2.24) is 0 Å². The Morgan fingerprint density at radius 2 is 1.60 bits per heavy atom. The van der Waals surface area contributed by atoms with Crippen LogP contribution in [0.1, 0.15) is 84.0 Å². The van der Waals surface area contributed by atoms with Crippen molar-refractivity contribution in [3.63, 3.8) is 0 Å². The molecule has 1 rings (SSSR count). The lowest BCUT2D eigenvalue weighted by molar-refractivity contribution is 0.465. The summed E-state index contributed by atoms with van der Waals surface area (Å²) in [5.74, 6) is 1.06. The fraction of sp³-hybridized carbons (Fsp3) is 0.933. The van der Waals surface area contributed by atoms with Crippen molar-refractivity contribution in [2.24, 2.45) is 5.92 Å². The van der Waals surface area contributed by atoms with Gasteiger partial charge in [0.15, 0.2) is 0 Å². The first-order valence-electron chi connectivity index (χ1n) is 7.25. The minimum Gasteiger partial charge on any atom is -0.0654 e. The second-order valence-corrected chi connectivity index (χ2v) is 5.23. The Bertz CT molecular complexity index is 122. The van der Waals surface area contributed by atoms with E-state index in [1.165, 1.54) is 77.0 Å². The molecule has 0 aromatic rings. The molecule has 1 fully saturated rings. The average Bonchev–Trinajstić information content (AvgIpc) is 2.75. The molecule has 1 aliphatic rings. The highest BCUT2D eigenvalue weighted by atomic mass is 14.2. The van der Waals surface area contributed by atoms with Crippen LogP contribution in [0, 0.1) is 12.3 Å². The van der Waals surface area contributed by atoms with Crippen molar-refractivity contribution in [2.45, 2.75) is 84.0 Å². The molecule has 0 aromatic heterocycles. The molecule has 1 saturated carbocycles. The van der Waals surface area contributed by atoms with Crippen molar-refractivity contribution >= 4 is 0 Å². The van der Waals surface area contributed by atoms with Crippen LogP contribution in [0.4, 0.5) is 0 Å². The number of hydrogen-bond donors (Lipinski definition) is 0. The SMILES string of the molecule is CCCCCCCCCCC1C[CH]CC1. The van der Waals surface area contributed by atoms with Gasteiger partial charge >= 0.3 is 0 Å². The van der Waals surface area contributed by atoms with E-state index in [9.17, 15) is 0 Å². The van der Waals surface area contributed by atoms with Crippen LogP contribution in [-0.4, -0.2) is 0 Å². The van der Waals surface area contributed by atoms with E-state index < -0.39 is 0 Å². The van der Waals surface area contributed by atoms with Crippen molar-refractivity contribution in [1.29, 1.82) is 0 Å². The van der Waals surface area contributed by atoms with E-state index in [0.29, 0.717) is 0 Å². The third-order valence-corrected chi connectivity index (χ3v) is 3.74. The van der Waals surface area contributed by atoms with Gasteiger partial charge in [-0.25, -0.2) is 0 Å². The Morgan fingerprint density at radius 3 is 2.20 bits per heavy atom. The monoisotopic (exact) mass is 209 g/mol. The molecule has 0 saturated heterocycles. The summed E-state index contributed by atoms with van der Waals surface area (Å²) in [6, 6.07) is 0. The van der Waals surface area contributed by atoms with Gasteiger partial charge in [-0.05, 0) is 25.2 Å². The summed E-state index contributed by atoms with van der Waals surface area (Å²) in [4.78, 5) is 0. The zero-order valence-electron chi connectivity index (χ0n) is 10.6. The van der Waals surface area contributed by atoms with Gasteiger partial charge in [-0.1, -0.05) is 71.1 Å². The number of hydrogen-bond acceptors (Lipinski definition) is 0. The molecule has 1 atom stereocenters. The standard InChI is InChI=1S/C15H29/c1-2-3-4-5-6-7-8-9-12-15-13-10-11-14-15/h10,15H,2-9,11-14H2,1H3. The molecule has 0 aromatic carbocycles. The van der Waals surface area contributed by atoms with Gasteiger partial charge in [-0.2, -0.15) is 0 Å². The predicted octanol–water partition coefficient (Wildman–Crippen LogP) is 5.52. The summed E-state index contributed by atoms with van der Waals surface area (Å²) in [6.07, 6.45) is 20.0. The number of unbranched alkanes of at least 4 members (excludes halogenated alkanes) is 7. The van der Waals surface area contributed by atoms with E-state index in [4.69, 9.17) is 0 Å². The Hall–Kier alpha value is 0. The molecule has 0 heterocycles. The molecule has 1 aliphatic carbocycles. The van der Waals surface area contributed by atoms with Gasteiger partial charge < -0.3 is 0 Å². The molecule has 89 valence electrons. The zero-order chi connectivity index (χ0) is 10.8. The Kier molecular flexibility index (Phi) is 8.05. The highest BCUT2D eigenvalue weighted by molar-refractivity contribution is 4.80. The van der Waals surface area contributed by atoms with Gasteiger partial charge in [0.25, 0.3) is 0 Å². The van der Waals surface area contributed by atoms with Gasteiger partial charge in [0.1, 0.15) is 0 Å². The van der Waals surface area contributed by atoms with Gasteiger partial charge in [0.2, 0.25) is 0 Å². The summed E-state index contributed by atoms with van der Waals surface area (Å²) in [7, 11) is 0. The van der Waals surface area contributed by atoms with E-state index in [1.807, 2.05) is 0 Å². The maximum Gasteiger partial charge on any atom is -0.0383 e. The highest BCUT2D eigenvalue weighted by Crippen LogP contribution is 2.28. The molecule has 1 radical (unpaired) electrons. The molecule has 15 heavy (non-hydrogen) atoms. The fourth-order valence-corrected chi connectivity index (χ4v) is 2.65. The van der Waals surface area contributed by atoms with Crippen molar-refractivity contribution < 1.29 is 0 Å². The molecule has 0 aliphatic heterocycles. The maximum absolute atomic E-state index is 2.48. The van der Waals surface area contributed by atoms with Crippen LogP contribution < -0.4 is 0 Å². The summed E-state index contributed by atoms with van der Waals surface area (Å²) in [6.45, 7) is 2.29. The molecule has 0 bridgehead atoms. The van der Waals surface area contributed by atoms with Crippen LogP contribution in [0.2, 0.25) is 0 Å². The van der Waals surface area contributed by atoms with Crippen LogP contribution in [-0.2, 0) is 0 Å². The minimum absolute atomic E-state index is 1.06. The molecule has 0 amide bonds. The van der Waals surface area contributed by atoms with Gasteiger partial charge in [-0.15, -0.1) is 0 Å². The third kappa shape index (κ3) is 6.98. The molecular formula is C15H29. The van der Waals surface area contributed by atoms with Gasteiger partial charge in [-0.3, -0.25) is 0 Å². The zero-order valence-corrected chi connectivity index (χ0v) is 10.6. The summed E-state index contributed by atoms with van der Waals surface area (Å²) in [5.41, 5.74) is 0. The largest absolute Gasteiger partial charge is 0.0654 e. The molecular weight excluding hydrogens is 180 g/mol. The van der Waals surface area contributed by atoms with Crippen LogP contribution >= 0.6 is 0 Å². The van der Waals surface area contributed by atoms with Gasteiger partial charge in [0.05, 0.1) is 0 Å². The van der Waals surface area contributed by atoms with E-state index in [2.05, 4.69) is 13.3 Å². The molecule has 1 unspecified atom stereocenters. The molecule has 0 spiro atoms. The lowest BCUT2D eigenvalue weighted by Gasteiger charge is -2.07. The minimum atomic E-state index is 1.06. The summed E-state index contributed by atoms with van der Waals surface area (Å²) in [5, 5.41) is 0. The van der Waals surface area contributed by atoms with Crippen molar-refractivity contribution in [3.8, 4) is 0 Å². The summed E-state index contributed by atoms with van der Waals surface area (Å²) >= 11 is 0. The quantitative estimate of drug-likeness (QED) is 0.438. The van der Waals surface area contributed by atoms with Crippen molar-refractivity contribution in [3.05, 3.63) is 6.42 Å². The Labute approximate surface area is 96.8 Å². The predicted molar refractivity (Wildman–Crippen MR) is 68.9 cm³/mol. The lowest BCUT2D eigenvalue weighted by Crippen LogP contribution is -1.92.